The van der Waals surface area contributed by atoms with Gasteiger partial charge in [0.15, 0.2) is 0 Å². The Kier molecular flexibility index (Phi) is 3.69. The average Bonchev–Trinajstić information content (AvgIpc) is 2.55. The fourth-order valence-corrected chi connectivity index (χ4v) is 3.82. The summed E-state index contributed by atoms with van der Waals surface area (Å²) in [5.74, 6) is -4.05. The van der Waals surface area contributed by atoms with Crippen molar-refractivity contribution >= 4 is 5.97 Å². The summed E-state index contributed by atoms with van der Waals surface area (Å²) in [6.07, 6.45) is 0.494. The molecule has 3 atom stereocenters. The molecule has 1 aromatic rings. The Morgan fingerprint density at radius 2 is 2.00 bits per heavy atom. The van der Waals surface area contributed by atoms with Crippen molar-refractivity contribution < 1.29 is 18.7 Å². The van der Waals surface area contributed by atoms with Crippen molar-refractivity contribution in [2.45, 2.75) is 50.2 Å². The van der Waals surface area contributed by atoms with Gasteiger partial charge >= 0.3 is 0 Å². The van der Waals surface area contributed by atoms with E-state index in [2.05, 4.69) is 0 Å². The van der Waals surface area contributed by atoms with Crippen LogP contribution < -0.4 is 5.11 Å². The maximum atomic E-state index is 14.2. The molecule has 2 aliphatic rings. The molecule has 0 spiro atoms. The number of carbonyl (C=O) groups is 1. The van der Waals surface area contributed by atoms with E-state index in [1.165, 1.54) is 0 Å². The number of halogens is 2. The third-order valence-electron chi connectivity index (χ3n) is 4.69. The number of rotatable bonds is 4. The van der Waals surface area contributed by atoms with Gasteiger partial charge in [-0.05, 0) is 30.7 Å². The van der Waals surface area contributed by atoms with Gasteiger partial charge in [0.2, 0.25) is 0 Å². The van der Waals surface area contributed by atoms with E-state index in [0.717, 1.165) is 5.56 Å². The van der Waals surface area contributed by atoms with Gasteiger partial charge in [-0.25, -0.2) is 8.78 Å². The van der Waals surface area contributed by atoms with Gasteiger partial charge in [-0.1, -0.05) is 30.3 Å². The topological polar surface area (TPSA) is 43.4 Å². The molecule has 5 heteroatoms. The van der Waals surface area contributed by atoms with Gasteiger partial charge in [-0.2, -0.15) is 0 Å². The first-order chi connectivity index (χ1) is 9.95. The fourth-order valence-electron chi connectivity index (χ4n) is 3.82. The van der Waals surface area contributed by atoms with Crippen LogP contribution in [0.5, 0.6) is 0 Å². The highest BCUT2D eigenvalue weighted by Crippen LogP contribution is 2.48. The minimum absolute atomic E-state index is 0.109. The first-order valence-electron chi connectivity index (χ1n) is 7.33. The third-order valence-corrected chi connectivity index (χ3v) is 4.69. The summed E-state index contributed by atoms with van der Waals surface area (Å²) < 4.78 is 28.3. The quantitative estimate of drug-likeness (QED) is 0.850. The van der Waals surface area contributed by atoms with Gasteiger partial charge in [0, 0.05) is 25.0 Å². The van der Waals surface area contributed by atoms with Crippen LogP contribution in [-0.4, -0.2) is 28.9 Å². The van der Waals surface area contributed by atoms with Crippen LogP contribution in [0.4, 0.5) is 8.78 Å². The summed E-state index contributed by atoms with van der Waals surface area (Å²) in [7, 11) is 0. The lowest BCUT2D eigenvalue weighted by atomic mass is 9.87. The van der Waals surface area contributed by atoms with Crippen LogP contribution in [0.1, 0.15) is 31.2 Å². The molecule has 2 fully saturated rings. The molecule has 0 N–H and O–H groups in total. The zero-order chi connectivity index (χ0) is 15.0. The second kappa shape index (κ2) is 5.37. The summed E-state index contributed by atoms with van der Waals surface area (Å²) in [5.41, 5.74) is 1.02. The lowest BCUT2D eigenvalue weighted by Crippen LogP contribution is -2.46. The van der Waals surface area contributed by atoms with Crippen molar-refractivity contribution in [2.75, 3.05) is 0 Å². The van der Waals surface area contributed by atoms with Crippen molar-refractivity contribution in [3.63, 3.8) is 0 Å². The van der Waals surface area contributed by atoms with Gasteiger partial charge in [0.25, 0.3) is 5.92 Å². The van der Waals surface area contributed by atoms with E-state index in [4.69, 9.17) is 0 Å². The number of carboxylic acids is 1. The summed E-state index contributed by atoms with van der Waals surface area (Å²) in [5, 5.41) is 10.7. The Balaban J connectivity index is 1.76. The summed E-state index contributed by atoms with van der Waals surface area (Å²) in [6.45, 7) is 0.504. The molecule has 0 aromatic heterocycles. The van der Waals surface area contributed by atoms with Crippen molar-refractivity contribution in [1.82, 2.24) is 4.90 Å². The molecule has 3 rings (SSSR count). The van der Waals surface area contributed by atoms with Gasteiger partial charge in [-0.3, -0.25) is 4.90 Å². The fraction of sp³-hybridized carbons (Fsp3) is 0.562. The first kappa shape index (κ1) is 14.4. The molecule has 114 valence electrons. The summed E-state index contributed by atoms with van der Waals surface area (Å²) in [4.78, 5) is 12.6. The molecular formula is C16H18F2NO2-. The van der Waals surface area contributed by atoms with Gasteiger partial charge in [-0.15, -0.1) is 0 Å². The maximum absolute atomic E-state index is 14.2. The smallest absolute Gasteiger partial charge is 0.264 e. The zero-order valence-corrected chi connectivity index (χ0v) is 11.7. The molecule has 0 aliphatic carbocycles. The van der Waals surface area contributed by atoms with Gasteiger partial charge < -0.3 is 9.90 Å². The van der Waals surface area contributed by atoms with E-state index >= 15 is 0 Å². The number of benzene rings is 1. The number of nitrogens with zero attached hydrogens (tertiary/aromatic N) is 1. The molecule has 0 amide bonds. The minimum Gasteiger partial charge on any atom is -0.550 e. The predicted molar refractivity (Wildman–Crippen MR) is 71.5 cm³/mol. The van der Waals surface area contributed by atoms with Crippen LogP contribution >= 0.6 is 0 Å². The minimum atomic E-state index is -2.72. The van der Waals surface area contributed by atoms with E-state index < -0.39 is 17.9 Å². The number of carboxylic acid groups (broad SMARTS) is 1. The Labute approximate surface area is 122 Å². The molecular weight excluding hydrogens is 276 g/mol. The van der Waals surface area contributed by atoms with E-state index in [0.29, 0.717) is 13.0 Å². The molecule has 2 bridgehead atoms. The Morgan fingerprint density at radius 1 is 1.29 bits per heavy atom. The molecule has 1 aromatic carbocycles. The lowest BCUT2D eigenvalue weighted by Gasteiger charge is -2.39. The molecule has 2 aliphatic heterocycles. The number of fused-ring (bicyclic) bond motifs is 2. The SMILES string of the molecule is O=C([O-])CC1CC2CC(F)(F)C(C1)N2Cc1ccccc1. The molecule has 0 saturated carbocycles. The van der Waals surface area contributed by atoms with Gasteiger partial charge in [0.05, 0.1) is 6.04 Å². The van der Waals surface area contributed by atoms with Crippen LogP contribution in [0.25, 0.3) is 0 Å². The second-order valence-electron chi connectivity index (χ2n) is 6.21. The Morgan fingerprint density at radius 3 is 2.62 bits per heavy atom. The number of piperidine rings is 1. The highest BCUT2D eigenvalue weighted by Gasteiger charge is 2.56. The van der Waals surface area contributed by atoms with Crippen LogP contribution in [0.2, 0.25) is 0 Å². The van der Waals surface area contributed by atoms with Crippen molar-refractivity contribution in [2.24, 2.45) is 5.92 Å². The lowest BCUT2D eigenvalue weighted by molar-refractivity contribution is -0.307. The molecule has 2 heterocycles. The van der Waals surface area contributed by atoms with Crippen LogP contribution in [0, 0.1) is 5.92 Å². The van der Waals surface area contributed by atoms with E-state index in [-0.39, 0.29) is 31.2 Å². The predicted octanol–water partition coefficient (Wildman–Crippen LogP) is 1.81. The standard InChI is InChI=1S/C16H19F2NO2/c17-16(18)9-13-6-12(8-15(20)21)7-14(16)19(13)10-11-4-2-1-3-5-11/h1-5,12-14H,6-10H2,(H,20,21)/p-1. The third kappa shape index (κ3) is 2.93. The van der Waals surface area contributed by atoms with Crippen molar-refractivity contribution in [3.8, 4) is 0 Å². The van der Waals surface area contributed by atoms with E-state index in [1.54, 1.807) is 0 Å². The summed E-state index contributed by atoms with van der Waals surface area (Å²) >= 11 is 0. The highest BCUT2D eigenvalue weighted by molar-refractivity contribution is 5.64. The average molecular weight is 294 g/mol. The van der Waals surface area contributed by atoms with Gasteiger partial charge in [0.1, 0.15) is 0 Å². The summed E-state index contributed by atoms with van der Waals surface area (Å²) in [6, 6.07) is 8.49. The molecule has 3 nitrogen and oxygen atoms in total. The normalized spacial score (nSPS) is 31.2. The first-order valence-corrected chi connectivity index (χ1v) is 7.33. The van der Waals surface area contributed by atoms with E-state index in [9.17, 15) is 18.7 Å². The number of aliphatic carboxylic acids is 1. The molecule has 2 saturated heterocycles. The highest BCUT2D eigenvalue weighted by atomic mass is 19.3. The number of alkyl halides is 2. The van der Waals surface area contributed by atoms with Crippen molar-refractivity contribution in [3.05, 3.63) is 35.9 Å². The number of hydrogen-bond acceptors (Lipinski definition) is 3. The van der Waals surface area contributed by atoms with Crippen LogP contribution in [0.15, 0.2) is 30.3 Å². The van der Waals surface area contributed by atoms with Crippen molar-refractivity contribution in [1.29, 1.82) is 0 Å². The monoisotopic (exact) mass is 294 g/mol. The second-order valence-corrected chi connectivity index (χ2v) is 6.21. The van der Waals surface area contributed by atoms with E-state index in [1.807, 2.05) is 35.2 Å². The Bertz CT molecular complexity index is 520. The maximum Gasteiger partial charge on any atom is 0.264 e. The largest absolute Gasteiger partial charge is 0.550 e. The number of hydrogen-bond donors (Lipinski definition) is 0. The molecule has 21 heavy (non-hydrogen) atoms. The molecule has 0 radical (unpaired) electrons. The Hall–Kier alpha value is -1.49. The van der Waals surface area contributed by atoms with Crippen LogP contribution in [-0.2, 0) is 11.3 Å². The van der Waals surface area contributed by atoms with Crippen LogP contribution in [0.3, 0.4) is 0 Å². The molecule has 3 unspecified atom stereocenters. The number of carbonyl (C=O) groups excluding carboxylic acids is 1. The zero-order valence-electron chi connectivity index (χ0n) is 11.7.